The Bertz CT molecular complexity index is 290. The summed E-state index contributed by atoms with van der Waals surface area (Å²) >= 11 is 0. The molecule has 3 atom stereocenters. The second-order valence-corrected chi connectivity index (χ2v) is 7.28. The van der Waals surface area contributed by atoms with E-state index < -0.39 is 0 Å². The average Bonchev–Trinajstić information content (AvgIpc) is 2.48. The van der Waals surface area contributed by atoms with Crippen LogP contribution in [-0.2, 0) is 0 Å². The Hall–Kier alpha value is -0.160. The van der Waals surface area contributed by atoms with Gasteiger partial charge >= 0.3 is 0 Å². The number of nitrogens with zero attached hydrogens (tertiary/aromatic N) is 3. The van der Waals surface area contributed by atoms with E-state index in [4.69, 9.17) is 0 Å². The molecule has 2 rings (SSSR count). The minimum absolute atomic E-state index is 0.0913. The summed E-state index contributed by atoms with van der Waals surface area (Å²) in [5, 5.41) is 10.4. The highest BCUT2D eigenvalue weighted by molar-refractivity contribution is 4.89. The van der Waals surface area contributed by atoms with Gasteiger partial charge in [0, 0.05) is 45.3 Å². The van der Waals surface area contributed by atoms with E-state index in [1.54, 1.807) is 0 Å². The van der Waals surface area contributed by atoms with Crippen LogP contribution in [-0.4, -0.2) is 85.3 Å². The van der Waals surface area contributed by atoms with Crippen molar-refractivity contribution in [2.45, 2.75) is 51.2 Å². The molecule has 3 unspecified atom stereocenters. The Balaban J connectivity index is 1.77. The van der Waals surface area contributed by atoms with Gasteiger partial charge < -0.3 is 10.0 Å². The molecule has 0 aromatic rings. The smallest absolute Gasteiger partial charge is 0.0695 e. The Labute approximate surface area is 131 Å². The molecule has 1 saturated carbocycles. The largest absolute Gasteiger partial charge is 0.391 e. The maximum Gasteiger partial charge on any atom is 0.0695 e. The van der Waals surface area contributed by atoms with Gasteiger partial charge in [0.05, 0.1) is 6.10 Å². The molecule has 124 valence electrons. The molecule has 1 aliphatic heterocycles. The van der Waals surface area contributed by atoms with Crippen LogP contribution < -0.4 is 0 Å². The Kier molecular flexibility index (Phi) is 6.93. The van der Waals surface area contributed by atoms with Crippen LogP contribution >= 0.6 is 0 Å². The first-order chi connectivity index (χ1) is 10.1. The predicted molar refractivity (Wildman–Crippen MR) is 88.6 cm³/mol. The lowest BCUT2D eigenvalue weighted by atomic mass is 9.80. The van der Waals surface area contributed by atoms with Gasteiger partial charge in [0.15, 0.2) is 0 Å². The van der Waals surface area contributed by atoms with Crippen LogP contribution in [0, 0.1) is 5.92 Å². The molecule has 1 N–H and O–H groups in total. The minimum Gasteiger partial charge on any atom is -0.391 e. The highest BCUT2D eigenvalue weighted by Crippen LogP contribution is 2.31. The molecule has 21 heavy (non-hydrogen) atoms. The maximum absolute atomic E-state index is 10.4. The van der Waals surface area contributed by atoms with E-state index in [0.717, 1.165) is 45.1 Å². The van der Waals surface area contributed by atoms with E-state index in [9.17, 15) is 5.11 Å². The summed E-state index contributed by atoms with van der Waals surface area (Å²) in [6, 6.07) is 0.422. The number of likely N-dealkylation sites (N-methyl/N-ethyl adjacent to an activating group) is 1. The lowest BCUT2D eigenvalue weighted by molar-refractivity contribution is -0.0186. The monoisotopic (exact) mass is 297 g/mol. The molecule has 2 aliphatic rings. The lowest BCUT2D eigenvalue weighted by Crippen LogP contribution is -2.55. The van der Waals surface area contributed by atoms with Gasteiger partial charge in [0.25, 0.3) is 0 Å². The first kappa shape index (κ1) is 17.2. The molecule has 0 aromatic heterocycles. The first-order valence-electron chi connectivity index (χ1n) is 8.89. The van der Waals surface area contributed by atoms with Crippen LogP contribution in [0.15, 0.2) is 0 Å². The predicted octanol–water partition coefficient (Wildman–Crippen LogP) is 1.50. The summed E-state index contributed by atoms with van der Waals surface area (Å²) < 4.78 is 0. The molecule has 2 fully saturated rings. The third kappa shape index (κ3) is 5.20. The van der Waals surface area contributed by atoms with Crippen molar-refractivity contribution in [1.82, 2.24) is 14.7 Å². The van der Waals surface area contributed by atoms with Crippen LogP contribution in [0.25, 0.3) is 0 Å². The number of piperazine rings is 1. The summed E-state index contributed by atoms with van der Waals surface area (Å²) in [4.78, 5) is 7.39. The van der Waals surface area contributed by atoms with Crippen molar-refractivity contribution in [3.05, 3.63) is 0 Å². The van der Waals surface area contributed by atoms with E-state index in [2.05, 4.69) is 35.7 Å². The minimum atomic E-state index is -0.0913. The molecule has 4 heteroatoms. The van der Waals surface area contributed by atoms with Crippen molar-refractivity contribution in [1.29, 1.82) is 0 Å². The number of hydrogen-bond acceptors (Lipinski definition) is 4. The average molecular weight is 297 g/mol. The van der Waals surface area contributed by atoms with Gasteiger partial charge in [-0.15, -0.1) is 0 Å². The van der Waals surface area contributed by atoms with Gasteiger partial charge in [0.1, 0.15) is 0 Å². The molecule has 0 bridgehead atoms. The van der Waals surface area contributed by atoms with Crippen LogP contribution in [0.4, 0.5) is 0 Å². The zero-order valence-corrected chi connectivity index (χ0v) is 14.3. The second kappa shape index (κ2) is 8.47. The third-order valence-corrected chi connectivity index (χ3v) is 5.33. The van der Waals surface area contributed by atoms with Crippen molar-refractivity contribution < 1.29 is 5.11 Å². The second-order valence-electron chi connectivity index (χ2n) is 7.28. The zero-order valence-electron chi connectivity index (χ0n) is 14.3. The van der Waals surface area contributed by atoms with Gasteiger partial charge in [-0.3, -0.25) is 9.80 Å². The Morgan fingerprint density at radius 3 is 2.43 bits per heavy atom. The number of hydrogen-bond donors (Lipinski definition) is 1. The van der Waals surface area contributed by atoms with Crippen LogP contribution in [0.1, 0.15) is 39.0 Å². The van der Waals surface area contributed by atoms with Crippen LogP contribution in [0.3, 0.4) is 0 Å². The van der Waals surface area contributed by atoms with Crippen molar-refractivity contribution >= 4 is 0 Å². The molecule has 1 aliphatic carbocycles. The molecule has 0 radical (unpaired) electrons. The number of rotatable bonds is 6. The van der Waals surface area contributed by atoms with E-state index in [-0.39, 0.29) is 6.10 Å². The van der Waals surface area contributed by atoms with Gasteiger partial charge in [-0.25, -0.2) is 0 Å². The highest BCUT2D eigenvalue weighted by Gasteiger charge is 2.34. The molecule has 1 saturated heterocycles. The molecule has 0 spiro atoms. The van der Waals surface area contributed by atoms with Crippen molar-refractivity contribution in [2.75, 3.05) is 53.4 Å². The van der Waals surface area contributed by atoms with Gasteiger partial charge in [-0.1, -0.05) is 19.8 Å². The van der Waals surface area contributed by atoms with Crippen molar-refractivity contribution in [2.24, 2.45) is 5.92 Å². The van der Waals surface area contributed by atoms with Gasteiger partial charge in [-0.2, -0.15) is 0 Å². The van der Waals surface area contributed by atoms with E-state index in [1.807, 2.05) is 0 Å². The topological polar surface area (TPSA) is 30.0 Å². The SMILES string of the molecule is CCCC1CCC(O)C(N2CCN(CCN(C)C)CC2)C1. The summed E-state index contributed by atoms with van der Waals surface area (Å²) in [6.45, 7) is 9.19. The molecule has 1 heterocycles. The molecule has 4 nitrogen and oxygen atoms in total. The molecule has 0 aromatic carbocycles. The summed E-state index contributed by atoms with van der Waals surface area (Å²) in [5.41, 5.74) is 0. The Morgan fingerprint density at radius 1 is 1.10 bits per heavy atom. The quantitative estimate of drug-likeness (QED) is 0.805. The highest BCUT2D eigenvalue weighted by atomic mass is 16.3. The number of aliphatic hydroxyl groups is 1. The lowest BCUT2D eigenvalue weighted by Gasteiger charge is -2.44. The van der Waals surface area contributed by atoms with Gasteiger partial charge in [-0.05, 0) is 39.3 Å². The maximum atomic E-state index is 10.4. The fraction of sp³-hybridized carbons (Fsp3) is 1.00. The van der Waals surface area contributed by atoms with Crippen molar-refractivity contribution in [3.8, 4) is 0 Å². The van der Waals surface area contributed by atoms with Crippen LogP contribution in [0.5, 0.6) is 0 Å². The zero-order chi connectivity index (χ0) is 15.2. The van der Waals surface area contributed by atoms with Gasteiger partial charge in [0.2, 0.25) is 0 Å². The standard InChI is InChI=1S/C17H35N3O/c1-4-5-15-6-7-17(21)16(14-15)20-12-10-19(11-13-20)9-8-18(2)3/h15-17,21H,4-14H2,1-3H3. The fourth-order valence-corrected chi connectivity index (χ4v) is 3.94. The summed E-state index contributed by atoms with van der Waals surface area (Å²) in [7, 11) is 4.28. The van der Waals surface area contributed by atoms with Crippen LogP contribution in [0.2, 0.25) is 0 Å². The summed E-state index contributed by atoms with van der Waals surface area (Å²) in [5.74, 6) is 0.843. The molecular weight excluding hydrogens is 262 g/mol. The first-order valence-corrected chi connectivity index (χ1v) is 8.89. The summed E-state index contributed by atoms with van der Waals surface area (Å²) in [6.07, 6.45) is 5.99. The normalized spacial score (nSPS) is 32.7. The fourth-order valence-electron chi connectivity index (χ4n) is 3.94. The molecular formula is C17H35N3O. The third-order valence-electron chi connectivity index (χ3n) is 5.33. The number of aliphatic hydroxyl groups excluding tert-OH is 1. The van der Waals surface area contributed by atoms with E-state index in [0.29, 0.717) is 6.04 Å². The molecule has 0 amide bonds. The van der Waals surface area contributed by atoms with E-state index >= 15 is 0 Å². The van der Waals surface area contributed by atoms with E-state index in [1.165, 1.54) is 32.2 Å². The Morgan fingerprint density at radius 2 is 1.81 bits per heavy atom. The van der Waals surface area contributed by atoms with Crippen molar-refractivity contribution in [3.63, 3.8) is 0 Å².